The van der Waals surface area contributed by atoms with E-state index in [1.807, 2.05) is 6.20 Å². The molecule has 1 aliphatic rings. The molecule has 0 radical (unpaired) electrons. The van der Waals surface area contributed by atoms with Crippen molar-refractivity contribution in [2.24, 2.45) is 0 Å². The lowest BCUT2D eigenvalue weighted by Gasteiger charge is -2.35. The maximum Gasteiger partial charge on any atom is 0.179 e. The number of fused-ring (bicyclic) bond motifs is 4. The van der Waals surface area contributed by atoms with Gasteiger partial charge in [-0.05, 0) is 126 Å². The first-order chi connectivity index (χ1) is 37.9. The van der Waals surface area contributed by atoms with E-state index in [2.05, 4.69) is 320 Å². The lowest BCUT2D eigenvalue weighted by Crippen LogP contribution is -2.74. The zero-order valence-electron chi connectivity index (χ0n) is 47.6. The normalized spacial score (nSPS) is 13.3. The minimum absolute atomic E-state index is 0.0396. The fraction of sp³-hybridized carbons (Fsp3) is 0.203. The quantitative estimate of drug-likeness (QED) is 0.0953. The fourth-order valence-corrected chi connectivity index (χ4v) is 17.2. The van der Waals surface area contributed by atoms with Gasteiger partial charge in [0.1, 0.15) is 12.5 Å². The summed E-state index contributed by atoms with van der Waals surface area (Å²) in [5, 5.41) is 7.74. The second-order valence-electron chi connectivity index (χ2n) is 25.0. The van der Waals surface area contributed by atoms with Gasteiger partial charge in [0.05, 0.1) is 22.4 Å². The highest BCUT2D eigenvalue weighted by atomic mass is 28.3. The van der Waals surface area contributed by atoms with E-state index < -0.39 is 8.07 Å². The standard InChI is InChI=1S/C74H72N4Si/c1-71(2,3)54-38-41-67-69(47-54)76(51-77(67)59-45-56(73(7,8)52-26-15-11-16-27-52)44-57(46-59)74(9,10)53-28-17-12-18-29-53)58-30-25-35-62(49-58)79(60-31-19-13-20-32-60,61-33-21-14-22-34-61)63-39-40-65-64-36-23-24-37-66(64)78(68(65)50-63)70-48-55(42-43-75-70)72(4,5)6/h11-50H,51H2,1-10H3. The van der Waals surface area contributed by atoms with Crippen molar-refractivity contribution >= 4 is 73.4 Å². The van der Waals surface area contributed by atoms with Gasteiger partial charge in [0.2, 0.25) is 0 Å². The molecule has 5 heteroatoms. The minimum Gasteiger partial charge on any atom is -0.321 e. The summed E-state index contributed by atoms with van der Waals surface area (Å²) < 4.78 is 2.40. The third-order valence-electron chi connectivity index (χ3n) is 17.3. The van der Waals surface area contributed by atoms with Crippen LogP contribution in [0.3, 0.4) is 0 Å². The molecule has 4 nitrogen and oxygen atoms in total. The van der Waals surface area contributed by atoms with E-state index in [-0.39, 0.29) is 21.7 Å². The summed E-state index contributed by atoms with van der Waals surface area (Å²) in [6, 6.07) is 89.5. The molecule has 0 fully saturated rings. The lowest BCUT2D eigenvalue weighted by atomic mass is 9.73. The number of para-hydroxylation sites is 1. The fourth-order valence-electron chi connectivity index (χ4n) is 12.4. The van der Waals surface area contributed by atoms with Crippen LogP contribution in [-0.4, -0.2) is 24.3 Å². The van der Waals surface area contributed by atoms with Crippen molar-refractivity contribution in [3.8, 4) is 5.82 Å². The third kappa shape index (κ3) is 8.99. The van der Waals surface area contributed by atoms with Crippen LogP contribution >= 0.6 is 0 Å². The molecule has 0 aliphatic carbocycles. The Kier molecular flexibility index (Phi) is 12.8. The van der Waals surface area contributed by atoms with Crippen LogP contribution in [0.4, 0.5) is 22.7 Å². The van der Waals surface area contributed by atoms with Gasteiger partial charge in [-0.2, -0.15) is 0 Å². The van der Waals surface area contributed by atoms with E-state index in [0.29, 0.717) is 6.67 Å². The van der Waals surface area contributed by atoms with E-state index >= 15 is 0 Å². The second kappa shape index (κ2) is 19.6. The van der Waals surface area contributed by atoms with Crippen molar-refractivity contribution in [3.05, 3.63) is 276 Å². The van der Waals surface area contributed by atoms with Gasteiger partial charge in [0.15, 0.2) is 8.07 Å². The Morgan fingerprint density at radius 2 is 0.848 bits per heavy atom. The molecule has 0 saturated heterocycles. The highest BCUT2D eigenvalue weighted by Gasteiger charge is 2.43. The van der Waals surface area contributed by atoms with E-state index in [9.17, 15) is 0 Å². The number of anilines is 4. The minimum atomic E-state index is -3.12. The van der Waals surface area contributed by atoms with Crippen molar-refractivity contribution in [2.75, 3.05) is 16.5 Å². The van der Waals surface area contributed by atoms with Crippen LogP contribution in [0.2, 0.25) is 0 Å². The highest BCUT2D eigenvalue weighted by molar-refractivity contribution is 7.20. The number of nitrogens with zero attached hydrogens (tertiary/aromatic N) is 4. The molecule has 12 rings (SSSR count). The maximum atomic E-state index is 5.11. The summed E-state index contributed by atoms with van der Waals surface area (Å²) in [5.41, 5.74) is 14.2. The topological polar surface area (TPSA) is 24.3 Å². The molecule has 0 bridgehead atoms. The smallest absolute Gasteiger partial charge is 0.179 e. The Bertz CT molecular complexity index is 3900. The predicted molar refractivity (Wildman–Crippen MR) is 339 cm³/mol. The summed E-state index contributed by atoms with van der Waals surface area (Å²) >= 11 is 0. The number of benzene rings is 9. The molecule has 0 saturated carbocycles. The van der Waals surface area contributed by atoms with Crippen LogP contribution < -0.4 is 30.5 Å². The molecule has 79 heavy (non-hydrogen) atoms. The van der Waals surface area contributed by atoms with Gasteiger partial charge in [-0.3, -0.25) is 4.57 Å². The molecular formula is C74H72N4Si. The van der Waals surface area contributed by atoms with Crippen molar-refractivity contribution in [1.29, 1.82) is 0 Å². The average molecular weight is 1050 g/mol. The molecule has 11 aromatic rings. The molecular weight excluding hydrogens is 973 g/mol. The van der Waals surface area contributed by atoms with Crippen LogP contribution in [0, 0.1) is 0 Å². The molecule has 0 atom stereocenters. The Labute approximate surface area is 469 Å². The Hall–Kier alpha value is -8.25. The van der Waals surface area contributed by atoms with Crippen molar-refractivity contribution in [3.63, 3.8) is 0 Å². The first kappa shape index (κ1) is 51.5. The molecule has 392 valence electrons. The maximum absolute atomic E-state index is 5.11. The SMILES string of the molecule is CC(C)(C)c1ccnc(-n2c3ccccc3c3ccc([Si](c4ccccc4)(c4ccccc4)c4cccc(N5CN(c6cc(C(C)(C)c7ccccc7)cc(C(C)(C)c7ccccc7)c6)c6ccc(C(C)(C)C)cc65)c4)cc32)c1. The third-order valence-corrected chi connectivity index (χ3v) is 22.1. The van der Waals surface area contributed by atoms with Gasteiger partial charge in [-0.25, -0.2) is 4.98 Å². The van der Waals surface area contributed by atoms with Gasteiger partial charge < -0.3 is 9.80 Å². The van der Waals surface area contributed by atoms with Crippen LogP contribution in [0.1, 0.15) is 103 Å². The summed E-state index contributed by atoms with van der Waals surface area (Å²) in [4.78, 5) is 10.3. The number of aromatic nitrogens is 2. The summed E-state index contributed by atoms with van der Waals surface area (Å²) in [7, 11) is -3.12. The number of pyridine rings is 1. The first-order valence-electron chi connectivity index (χ1n) is 28.1. The molecule has 3 heterocycles. The molecule has 0 amide bonds. The van der Waals surface area contributed by atoms with E-state index in [1.165, 1.54) is 87.6 Å². The van der Waals surface area contributed by atoms with Crippen LogP contribution in [-0.2, 0) is 21.7 Å². The number of rotatable bonds is 11. The van der Waals surface area contributed by atoms with Gasteiger partial charge >= 0.3 is 0 Å². The van der Waals surface area contributed by atoms with Crippen LogP contribution in [0.25, 0.3) is 27.6 Å². The molecule has 9 aromatic carbocycles. The Balaban J connectivity index is 1.07. The second-order valence-corrected chi connectivity index (χ2v) is 28.8. The van der Waals surface area contributed by atoms with Gasteiger partial charge in [0, 0.05) is 39.2 Å². The zero-order valence-corrected chi connectivity index (χ0v) is 48.6. The van der Waals surface area contributed by atoms with Crippen molar-refractivity contribution in [1.82, 2.24) is 9.55 Å². The number of hydrogen-bond acceptors (Lipinski definition) is 3. The van der Waals surface area contributed by atoms with Crippen molar-refractivity contribution < 1.29 is 0 Å². The first-order valence-corrected chi connectivity index (χ1v) is 30.1. The molecule has 1 aliphatic heterocycles. The molecule has 0 spiro atoms. The van der Waals surface area contributed by atoms with Gasteiger partial charge in [-0.1, -0.05) is 245 Å². The molecule has 2 aromatic heterocycles. The molecule has 0 N–H and O–H groups in total. The summed E-state index contributed by atoms with van der Waals surface area (Å²) in [6.07, 6.45) is 1.98. The lowest BCUT2D eigenvalue weighted by molar-refractivity contribution is 0.588. The predicted octanol–water partition coefficient (Wildman–Crippen LogP) is 16.1. The van der Waals surface area contributed by atoms with Gasteiger partial charge in [0.25, 0.3) is 0 Å². The summed E-state index contributed by atoms with van der Waals surface area (Å²) in [6.45, 7) is 24.0. The zero-order chi connectivity index (χ0) is 54.9. The van der Waals surface area contributed by atoms with Gasteiger partial charge in [-0.15, -0.1) is 0 Å². The van der Waals surface area contributed by atoms with Crippen LogP contribution in [0.15, 0.2) is 243 Å². The van der Waals surface area contributed by atoms with Crippen molar-refractivity contribution in [2.45, 2.75) is 90.9 Å². The average Bonchev–Trinajstić information content (AvgIpc) is 4.07. The monoisotopic (exact) mass is 1040 g/mol. The Morgan fingerprint density at radius 3 is 1.44 bits per heavy atom. The van der Waals surface area contributed by atoms with E-state index in [0.717, 1.165) is 16.9 Å². The van der Waals surface area contributed by atoms with Crippen LogP contribution in [0.5, 0.6) is 0 Å². The molecule has 0 unspecified atom stereocenters. The van der Waals surface area contributed by atoms with E-state index in [1.54, 1.807) is 0 Å². The Morgan fingerprint density at radius 1 is 0.342 bits per heavy atom. The van der Waals surface area contributed by atoms with E-state index in [4.69, 9.17) is 4.98 Å². The number of hydrogen-bond donors (Lipinski definition) is 0. The largest absolute Gasteiger partial charge is 0.321 e. The summed E-state index contributed by atoms with van der Waals surface area (Å²) in [5.74, 6) is 0.932. The highest BCUT2D eigenvalue weighted by Crippen LogP contribution is 2.48.